The van der Waals surface area contributed by atoms with Crippen LogP contribution in [0.2, 0.25) is 0 Å². The third-order valence-electron chi connectivity index (χ3n) is 3.75. The summed E-state index contributed by atoms with van der Waals surface area (Å²) in [7, 11) is 0. The molecule has 1 aromatic heterocycles. The summed E-state index contributed by atoms with van der Waals surface area (Å²) >= 11 is 0. The highest BCUT2D eigenvalue weighted by Gasteiger charge is 2.09. The van der Waals surface area contributed by atoms with Crippen LogP contribution in [-0.4, -0.2) is 21.6 Å². The van der Waals surface area contributed by atoms with Gasteiger partial charge in [-0.3, -0.25) is 0 Å². The van der Waals surface area contributed by atoms with Gasteiger partial charge in [0.05, 0.1) is 0 Å². The Morgan fingerprint density at radius 2 is 2.16 bits per heavy atom. The highest BCUT2D eigenvalue weighted by Crippen LogP contribution is 2.15. The van der Waals surface area contributed by atoms with Crippen LogP contribution in [0.4, 0.5) is 0 Å². The van der Waals surface area contributed by atoms with E-state index in [0.717, 1.165) is 17.6 Å². The van der Waals surface area contributed by atoms with Crippen molar-refractivity contribution in [2.24, 2.45) is 5.92 Å². The SMILES string of the molecule is CCCCC(CC)CNn1nnc2c(C)cccc21. The molecule has 0 saturated heterocycles. The number of nitrogens with zero attached hydrogens (tertiary/aromatic N) is 3. The fraction of sp³-hybridized carbons (Fsp3) is 0.600. The average molecular weight is 260 g/mol. The molecule has 4 nitrogen and oxygen atoms in total. The monoisotopic (exact) mass is 260 g/mol. The van der Waals surface area contributed by atoms with Crippen LogP contribution >= 0.6 is 0 Å². The van der Waals surface area contributed by atoms with Crippen LogP contribution in [0.5, 0.6) is 0 Å². The van der Waals surface area contributed by atoms with Crippen LogP contribution < -0.4 is 5.43 Å². The van der Waals surface area contributed by atoms with Crippen molar-refractivity contribution in [2.45, 2.75) is 46.5 Å². The van der Waals surface area contributed by atoms with Gasteiger partial charge in [-0.25, -0.2) is 0 Å². The van der Waals surface area contributed by atoms with E-state index in [1.54, 1.807) is 0 Å². The Hall–Kier alpha value is -1.58. The van der Waals surface area contributed by atoms with Gasteiger partial charge >= 0.3 is 0 Å². The van der Waals surface area contributed by atoms with Crippen molar-refractivity contribution in [3.8, 4) is 0 Å². The van der Waals surface area contributed by atoms with Gasteiger partial charge in [-0.05, 0) is 36.1 Å². The van der Waals surface area contributed by atoms with Gasteiger partial charge in [0.2, 0.25) is 0 Å². The zero-order valence-electron chi connectivity index (χ0n) is 12.2. The number of fused-ring (bicyclic) bond motifs is 1. The summed E-state index contributed by atoms with van der Waals surface area (Å²) < 4.78 is 0. The number of rotatable bonds is 7. The molecule has 1 aromatic carbocycles. The maximum Gasteiger partial charge on any atom is 0.118 e. The summed E-state index contributed by atoms with van der Waals surface area (Å²) in [6, 6.07) is 6.17. The first-order valence-electron chi connectivity index (χ1n) is 7.31. The van der Waals surface area contributed by atoms with E-state index in [1.807, 2.05) is 10.9 Å². The van der Waals surface area contributed by atoms with Gasteiger partial charge in [-0.1, -0.05) is 45.2 Å². The summed E-state index contributed by atoms with van der Waals surface area (Å²) in [5.41, 5.74) is 6.61. The molecule has 1 N–H and O–H groups in total. The quantitative estimate of drug-likeness (QED) is 0.828. The molecule has 0 fully saturated rings. The summed E-state index contributed by atoms with van der Waals surface area (Å²) in [5.74, 6) is 0.712. The van der Waals surface area contributed by atoms with E-state index in [2.05, 4.69) is 48.6 Å². The minimum atomic E-state index is 0.712. The Labute approximate surface area is 115 Å². The van der Waals surface area contributed by atoms with E-state index in [1.165, 1.54) is 31.2 Å². The van der Waals surface area contributed by atoms with Crippen molar-refractivity contribution >= 4 is 11.0 Å². The van der Waals surface area contributed by atoms with E-state index < -0.39 is 0 Å². The van der Waals surface area contributed by atoms with Gasteiger partial charge in [-0.2, -0.15) is 4.79 Å². The number of hydrogen-bond donors (Lipinski definition) is 1. The molecule has 0 aliphatic rings. The first kappa shape index (κ1) is 13.8. The van der Waals surface area contributed by atoms with Crippen LogP contribution in [0.3, 0.4) is 0 Å². The zero-order valence-corrected chi connectivity index (χ0v) is 12.2. The Kier molecular flexibility index (Phi) is 4.77. The summed E-state index contributed by atoms with van der Waals surface area (Å²) in [4.78, 5) is 1.82. The second kappa shape index (κ2) is 6.55. The number of aryl methyl sites for hydroxylation is 1. The molecule has 2 rings (SSSR count). The highest BCUT2D eigenvalue weighted by atomic mass is 15.6. The maximum atomic E-state index is 4.23. The van der Waals surface area contributed by atoms with Gasteiger partial charge in [-0.15, -0.1) is 5.10 Å². The summed E-state index contributed by atoms with van der Waals surface area (Å²) in [6.45, 7) is 7.53. The number of nitrogens with one attached hydrogen (secondary N) is 1. The molecular formula is C15H24N4. The molecule has 0 bridgehead atoms. The predicted octanol–water partition coefficient (Wildman–Crippen LogP) is 3.50. The van der Waals surface area contributed by atoms with Crippen molar-refractivity contribution in [3.05, 3.63) is 23.8 Å². The molecular weight excluding hydrogens is 236 g/mol. The molecule has 4 heteroatoms. The van der Waals surface area contributed by atoms with E-state index in [9.17, 15) is 0 Å². The molecule has 1 heterocycles. The maximum absolute atomic E-state index is 4.23. The Morgan fingerprint density at radius 3 is 2.89 bits per heavy atom. The lowest BCUT2D eigenvalue weighted by molar-refractivity contribution is 0.454. The molecule has 0 spiro atoms. The van der Waals surface area contributed by atoms with Crippen LogP contribution in [-0.2, 0) is 0 Å². The number of hydrogen-bond acceptors (Lipinski definition) is 3. The lowest BCUT2D eigenvalue weighted by Crippen LogP contribution is -2.23. The van der Waals surface area contributed by atoms with Crippen LogP contribution in [0.25, 0.3) is 11.0 Å². The zero-order chi connectivity index (χ0) is 13.7. The summed E-state index contributed by atoms with van der Waals surface area (Å²) in [6.07, 6.45) is 5.06. The second-order valence-corrected chi connectivity index (χ2v) is 5.22. The normalized spacial score (nSPS) is 12.8. The van der Waals surface area contributed by atoms with Crippen molar-refractivity contribution < 1.29 is 0 Å². The number of aromatic nitrogens is 3. The fourth-order valence-corrected chi connectivity index (χ4v) is 2.36. The van der Waals surface area contributed by atoms with Crippen LogP contribution in [0, 0.1) is 12.8 Å². The summed E-state index contributed by atoms with van der Waals surface area (Å²) in [5, 5.41) is 8.43. The Morgan fingerprint density at radius 1 is 1.32 bits per heavy atom. The topological polar surface area (TPSA) is 42.7 Å². The van der Waals surface area contributed by atoms with E-state index in [-0.39, 0.29) is 0 Å². The van der Waals surface area contributed by atoms with E-state index >= 15 is 0 Å². The highest BCUT2D eigenvalue weighted by molar-refractivity contribution is 5.77. The first-order chi connectivity index (χ1) is 9.26. The number of benzene rings is 1. The molecule has 0 saturated carbocycles. The van der Waals surface area contributed by atoms with Crippen molar-refractivity contribution in [2.75, 3.05) is 12.0 Å². The molecule has 1 atom stereocenters. The van der Waals surface area contributed by atoms with Gasteiger partial charge in [0, 0.05) is 6.54 Å². The van der Waals surface area contributed by atoms with Crippen molar-refractivity contribution in [1.29, 1.82) is 0 Å². The average Bonchev–Trinajstić information content (AvgIpc) is 2.84. The van der Waals surface area contributed by atoms with Crippen LogP contribution in [0.1, 0.15) is 45.1 Å². The Balaban J connectivity index is 2.03. The smallest absolute Gasteiger partial charge is 0.118 e. The third-order valence-corrected chi connectivity index (χ3v) is 3.75. The van der Waals surface area contributed by atoms with Gasteiger partial charge < -0.3 is 5.43 Å². The number of unbranched alkanes of at least 4 members (excludes halogenated alkanes) is 1. The molecule has 0 aliphatic carbocycles. The molecule has 0 aliphatic heterocycles. The van der Waals surface area contributed by atoms with E-state index in [4.69, 9.17) is 0 Å². The molecule has 1 unspecified atom stereocenters. The fourth-order valence-electron chi connectivity index (χ4n) is 2.36. The lowest BCUT2D eigenvalue weighted by atomic mass is 10.00. The molecule has 2 aromatic rings. The van der Waals surface area contributed by atoms with Gasteiger partial charge in [0.15, 0.2) is 0 Å². The van der Waals surface area contributed by atoms with Crippen molar-refractivity contribution in [1.82, 2.24) is 15.1 Å². The Bertz CT molecular complexity index is 518. The lowest BCUT2D eigenvalue weighted by Gasteiger charge is -2.15. The molecule has 0 amide bonds. The van der Waals surface area contributed by atoms with Gasteiger partial charge in [0.25, 0.3) is 0 Å². The van der Waals surface area contributed by atoms with Crippen molar-refractivity contribution in [3.63, 3.8) is 0 Å². The third kappa shape index (κ3) is 3.25. The van der Waals surface area contributed by atoms with E-state index in [0.29, 0.717) is 5.92 Å². The predicted molar refractivity (Wildman–Crippen MR) is 79.8 cm³/mol. The molecule has 19 heavy (non-hydrogen) atoms. The minimum absolute atomic E-state index is 0.712. The molecule has 104 valence electrons. The van der Waals surface area contributed by atoms with Gasteiger partial charge in [0.1, 0.15) is 11.0 Å². The standard InChI is InChI=1S/C15H24N4/c1-4-6-9-13(5-2)11-16-19-14-10-7-8-12(3)15(14)17-18-19/h7-8,10,13,16H,4-6,9,11H2,1-3H3. The molecule has 0 radical (unpaired) electrons. The first-order valence-corrected chi connectivity index (χ1v) is 7.31. The second-order valence-electron chi connectivity index (χ2n) is 5.22. The minimum Gasteiger partial charge on any atom is -0.308 e. The largest absolute Gasteiger partial charge is 0.308 e. The van der Waals surface area contributed by atoms with Crippen LogP contribution in [0.15, 0.2) is 18.2 Å².